The fourth-order valence-corrected chi connectivity index (χ4v) is 3.55. The molecule has 0 aliphatic carbocycles. The Morgan fingerprint density at radius 3 is 2.81 bits per heavy atom. The van der Waals surface area contributed by atoms with E-state index in [1.165, 1.54) is 23.1 Å². The summed E-state index contributed by atoms with van der Waals surface area (Å²) >= 11 is 0. The van der Waals surface area contributed by atoms with E-state index in [0.29, 0.717) is 26.2 Å². The molecule has 26 heavy (non-hydrogen) atoms. The maximum absolute atomic E-state index is 13.3. The van der Waals surface area contributed by atoms with Crippen LogP contribution in [-0.2, 0) is 4.74 Å². The Kier molecular flexibility index (Phi) is 5.12. The van der Waals surface area contributed by atoms with E-state index in [1.807, 2.05) is 0 Å². The van der Waals surface area contributed by atoms with E-state index in [0.717, 1.165) is 6.07 Å². The van der Waals surface area contributed by atoms with Crippen LogP contribution in [0.4, 0.5) is 17.6 Å². The van der Waals surface area contributed by atoms with Crippen molar-refractivity contribution in [1.82, 2.24) is 4.90 Å². The zero-order valence-corrected chi connectivity index (χ0v) is 13.8. The van der Waals surface area contributed by atoms with Gasteiger partial charge in [0.05, 0.1) is 18.8 Å². The van der Waals surface area contributed by atoms with Crippen LogP contribution >= 0.6 is 0 Å². The van der Waals surface area contributed by atoms with Crippen molar-refractivity contribution in [3.05, 3.63) is 29.8 Å². The molecular formula is C17H19F4NO4. The SMILES string of the molecule is O=C(c1ccccc1OC(F)(F)C(F)F)N1C[C@@H]2COCC[C@]2(CO)C1. The summed E-state index contributed by atoms with van der Waals surface area (Å²) in [5.41, 5.74) is -0.711. The molecule has 144 valence electrons. The topological polar surface area (TPSA) is 59.0 Å². The zero-order chi connectivity index (χ0) is 18.9. The number of para-hydroxylation sites is 1. The van der Waals surface area contributed by atoms with Crippen LogP contribution in [0.5, 0.6) is 5.75 Å². The Hall–Kier alpha value is -1.87. The molecule has 1 N–H and O–H groups in total. The third-order valence-corrected chi connectivity index (χ3v) is 5.10. The van der Waals surface area contributed by atoms with E-state index in [9.17, 15) is 27.5 Å². The van der Waals surface area contributed by atoms with Crippen LogP contribution < -0.4 is 4.74 Å². The number of aliphatic hydroxyl groups is 1. The predicted molar refractivity (Wildman–Crippen MR) is 82.4 cm³/mol. The van der Waals surface area contributed by atoms with Gasteiger partial charge in [0, 0.05) is 31.0 Å². The molecular weight excluding hydrogens is 358 g/mol. The largest absolute Gasteiger partial charge is 0.461 e. The number of ether oxygens (including phenoxy) is 2. The van der Waals surface area contributed by atoms with E-state index in [1.54, 1.807) is 0 Å². The first-order valence-electron chi connectivity index (χ1n) is 8.21. The Bertz CT molecular complexity index is 672. The van der Waals surface area contributed by atoms with E-state index in [2.05, 4.69) is 4.74 Å². The lowest BCUT2D eigenvalue weighted by Crippen LogP contribution is -2.41. The number of amides is 1. The van der Waals surface area contributed by atoms with Crippen LogP contribution in [0, 0.1) is 11.3 Å². The summed E-state index contributed by atoms with van der Waals surface area (Å²) in [5, 5.41) is 9.79. The molecule has 0 aromatic heterocycles. The molecule has 9 heteroatoms. The van der Waals surface area contributed by atoms with E-state index in [-0.39, 0.29) is 24.6 Å². The summed E-state index contributed by atoms with van der Waals surface area (Å²) in [6.45, 7) is 1.28. The fraction of sp³-hybridized carbons (Fsp3) is 0.588. The minimum Gasteiger partial charge on any atom is -0.427 e. The van der Waals surface area contributed by atoms with E-state index >= 15 is 0 Å². The summed E-state index contributed by atoms with van der Waals surface area (Å²) in [6.07, 6.45) is -8.13. The van der Waals surface area contributed by atoms with Crippen molar-refractivity contribution in [2.75, 3.05) is 32.9 Å². The number of nitrogens with zero attached hydrogens (tertiary/aromatic N) is 1. The van der Waals surface area contributed by atoms with E-state index < -0.39 is 29.6 Å². The average Bonchev–Trinajstić information content (AvgIpc) is 3.01. The van der Waals surface area contributed by atoms with Gasteiger partial charge in [-0.05, 0) is 18.6 Å². The Labute approximate surface area is 147 Å². The highest BCUT2D eigenvalue weighted by molar-refractivity contribution is 5.97. The van der Waals surface area contributed by atoms with Crippen LogP contribution in [0.3, 0.4) is 0 Å². The van der Waals surface area contributed by atoms with Crippen molar-refractivity contribution in [1.29, 1.82) is 0 Å². The smallest absolute Gasteiger partial charge is 0.427 e. The highest BCUT2D eigenvalue weighted by atomic mass is 19.3. The number of hydrogen-bond donors (Lipinski definition) is 1. The molecule has 2 atom stereocenters. The summed E-state index contributed by atoms with van der Waals surface area (Å²) in [6, 6.07) is 5.07. The number of likely N-dealkylation sites (tertiary alicyclic amines) is 1. The second kappa shape index (κ2) is 7.03. The van der Waals surface area contributed by atoms with Gasteiger partial charge < -0.3 is 19.5 Å². The lowest BCUT2D eigenvalue weighted by atomic mass is 9.75. The van der Waals surface area contributed by atoms with Gasteiger partial charge in [0.2, 0.25) is 0 Å². The Balaban J connectivity index is 1.83. The number of halogens is 4. The molecule has 0 spiro atoms. The van der Waals surface area contributed by atoms with Crippen molar-refractivity contribution in [2.24, 2.45) is 11.3 Å². The number of aliphatic hydroxyl groups excluding tert-OH is 1. The van der Waals surface area contributed by atoms with Gasteiger partial charge in [0.15, 0.2) is 0 Å². The number of rotatable bonds is 5. The second-order valence-corrected chi connectivity index (χ2v) is 6.69. The Morgan fingerprint density at radius 2 is 2.15 bits per heavy atom. The number of alkyl halides is 4. The van der Waals surface area contributed by atoms with Crippen molar-refractivity contribution >= 4 is 5.91 Å². The predicted octanol–water partition coefficient (Wildman–Crippen LogP) is 2.39. The molecule has 1 aromatic rings. The molecule has 2 aliphatic heterocycles. The molecule has 1 amide bonds. The van der Waals surface area contributed by atoms with Crippen LogP contribution in [0.2, 0.25) is 0 Å². The van der Waals surface area contributed by atoms with Crippen molar-refractivity contribution in [3.63, 3.8) is 0 Å². The van der Waals surface area contributed by atoms with Gasteiger partial charge in [-0.3, -0.25) is 4.79 Å². The molecule has 2 heterocycles. The molecule has 2 aliphatic rings. The van der Waals surface area contributed by atoms with Crippen LogP contribution in [0.1, 0.15) is 16.8 Å². The average molecular weight is 377 g/mol. The van der Waals surface area contributed by atoms with Gasteiger partial charge in [0.25, 0.3) is 5.91 Å². The van der Waals surface area contributed by atoms with Gasteiger partial charge in [-0.2, -0.15) is 17.6 Å². The molecule has 0 radical (unpaired) electrons. The van der Waals surface area contributed by atoms with Crippen molar-refractivity contribution in [2.45, 2.75) is 19.0 Å². The van der Waals surface area contributed by atoms with Crippen molar-refractivity contribution in [3.8, 4) is 5.75 Å². The maximum Gasteiger partial charge on any atom is 0.461 e. The second-order valence-electron chi connectivity index (χ2n) is 6.69. The molecule has 2 saturated heterocycles. The molecule has 2 fully saturated rings. The zero-order valence-electron chi connectivity index (χ0n) is 13.8. The molecule has 3 rings (SSSR count). The number of carbonyl (C=O) groups excluding carboxylic acids is 1. The molecule has 5 nitrogen and oxygen atoms in total. The van der Waals surface area contributed by atoms with Crippen molar-refractivity contribution < 1.29 is 36.9 Å². The quantitative estimate of drug-likeness (QED) is 0.801. The standard InChI is InChI=1S/C17H19F4NO4/c18-15(19)17(20,21)26-13-4-2-1-3-12(13)14(24)22-7-11-8-25-6-5-16(11,9-22)10-23/h1-4,11,15,23H,5-10H2/t11-,16-/m1/s1. The minimum atomic E-state index is -4.70. The third kappa shape index (κ3) is 3.37. The number of carbonyl (C=O) groups is 1. The normalized spacial score (nSPS) is 26.1. The van der Waals surface area contributed by atoms with Crippen LogP contribution in [0.25, 0.3) is 0 Å². The van der Waals surface area contributed by atoms with Gasteiger partial charge >= 0.3 is 12.5 Å². The first-order valence-corrected chi connectivity index (χ1v) is 8.21. The number of fused-ring (bicyclic) bond motifs is 1. The van der Waals surface area contributed by atoms with Gasteiger partial charge in [-0.25, -0.2) is 0 Å². The summed E-state index contributed by atoms with van der Waals surface area (Å²) in [4.78, 5) is 14.2. The number of benzene rings is 1. The van der Waals surface area contributed by atoms with Crippen LogP contribution in [0.15, 0.2) is 24.3 Å². The van der Waals surface area contributed by atoms with Gasteiger partial charge in [0.1, 0.15) is 5.75 Å². The van der Waals surface area contributed by atoms with E-state index in [4.69, 9.17) is 4.74 Å². The Morgan fingerprint density at radius 1 is 1.42 bits per heavy atom. The summed E-state index contributed by atoms with van der Waals surface area (Å²) < 4.78 is 60.9. The lowest BCUT2D eigenvalue weighted by Gasteiger charge is -2.36. The van der Waals surface area contributed by atoms with Gasteiger partial charge in [-0.1, -0.05) is 12.1 Å². The summed E-state index contributed by atoms with van der Waals surface area (Å²) in [5.74, 6) is -1.28. The van der Waals surface area contributed by atoms with Gasteiger partial charge in [-0.15, -0.1) is 0 Å². The highest BCUT2D eigenvalue weighted by Crippen LogP contribution is 2.42. The first-order chi connectivity index (χ1) is 12.3. The molecule has 1 aromatic carbocycles. The minimum absolute atomic E-state index is 0.0687. The third-order valence-electron chi connectivity index (χ3n) is 5.10. The fourth-order valence-electron chi connectivity index (χ4n) is 3.55. The molecule has 0 unspecified atom stereocenters. The highest BCUT2D eigenvalue weighted by Gasteiger charge is 2.50. The first kappa shape index (κ1) is 18.9. The lowest BCUT2D eigenvalue weighted by molar-refractivity contribution is -0.253. The monoisotopic (exact) mass is 377 g/mol. The molecule has 0 saturated carbocycles. The van der Waals surface area contributed by atoms with Crippen LogP contribution in [-0.4, -0.2) is 61.4 Å². The number of hydrogen-bond acceptors (Lipinski definition) is 4. The maximum atomic E-state index is 13.3. The summed E-state index contributed by atoms with van der Waals surface area (Å²) in [7, 11) is 0. The molecule has 0 bridgehead atoms.